The predicted octanol–water partition coefficient (Wildman–Crippen LogP) is 0.589. The number of hydrogen-bond acceptors (Lipinski definition) is 3. The van der Waals surface area contributed by atoms with E-state index >= 15 is 0 Å². The summed E-state index contributed by atoms with van der Waals surface area (Å²) in [6.45, 7) is 5.17. The maximum Gasteiger partial charge on any atom is 0.253 e. The van der Waals surface area contributed by atoms with E-state index in [-0.39, 0.29) is 17.5 Å². The minimum atomic E-state index is -0.193. The molecule has 1 amide bonds. The van der Waals surface area contributed by atoms with Crippen molar-refractivity contribution in [1.29, 1.82) is 0 Å². The minimum Gasteiger partial charge on any atom is -0.348 e. The van der Waals surface area contributed by atoms with Crippen LogP contribution in [0.5, 0.6) is 0 Å². The van der Waals surface area contributed by atoms with Crippen LogP contribution in [0.1, 0.15) is 30.1 Å². The van der Waals surface area contributed by atoms with Crippen molar-refractivity contribution in [3.63, 3.8) is 0 Å². The molecule has 0 aromatic carbocycles. The number of carbonyl (C=O) groups is 1. The van der Waals surface area contributed by atoms with Crippen LogP contribution in [-0.4, -0.2) is 41.5 Å². The number of rotatable bonds is 3. The molecule has 18 heavy (non-hydrogen) atoms. The first-order valence-corrected chi connectivity index (χ1v) is 6.41. The summed E-state index contributed by atoms with van der Waals surface area (Å²) in [6, 6.07) is 3.13. The number of aromatic nitrogens is 1. The molecule has 1 aromatic heterocycles. The van der Waals surface area contributed by atoms with Gasteiger partial charge in [0, 0.05) is 24.8 Å². The van der Waals surface area contributed by atoms with E-state index in [1.165, 1.54) is 12.3 Å². The van der Waals surface area contributed by atoms with Gasteiger partial charge in [-0.15, -0.1) is 0 Å². The van der Waals surface area contributed by atoms with Gasteiger partial charge in [-0.2, -0.15) is 0 Å². The van der Waals surface area contributed by atoms with Gasteiger partial charge < -0.3 is 15.2 Å². The summed E-state index contributed by atoms with van der Waals surface area (Å²) in [5, 5.41) is 3.02. The maximum atomic E-state index is 12.0. The van der Waals surface area contributed by atoms with Crippen LogP contribution in [0.15, 0.2) is 23.1 Å². The Morgan fingerprint density at radius 2 is 2.39 bits per heavy atom. The summed E-state index contributed by atoms with van der Waals surface area (Å²) in [7, 11) is 0. The number of carbonyl (C=O) groups excluding carboxylic acids is 1. The van der Waals surface area contributed by atoms with Crippen LogP contribution >= 0.6 is 0 Å². The number of pyridine rings is 1. The van der Waals surface area contributed by atoms with E-state index in [2.05, 4.69) is 22.1 Å². The van der Waals surface area contributed by atoms with Crippen molar-refractivity contribution in [3.8, 4) is 0 Å². The number of hydrogen-bond donors (Lipinski definition) is 2. The molecule has 1 atom stereocenters. The molecule has 0 bridgehead atoms. The van der Waals surface area contributed by atoms with Gasteiger partial charge in [-0.3, -0.25) is 9.59 Å². The van der Waals surface area contributed by atoms with Gasteiger partial charge in [0.15, 0.2) is 0 Å². The summed E-state index contributed by atoms with van der Waals surface area (Å²) in [6.07, 6.45) is 3.59. The number of aromatic amines is 1. The maximum absolute atomic E-state index is 12.0. The van der Waals surface area contributed by atoms with E-state index in [1.807, 2.05) is 0 Å². The molecular formula is C13H19N3O2. The lowest BCUT2D eigenvalue weighted by atomic mass is 10.1. The Morgan fingerprint density at radius 3 is 3.06 bits per heavy atom. The molecule has 1 fully saturated rings. The number of nitrogens with one attached hydrogen (secondary N) is 2. The molecule has 0 spiro atoms. The highest BCUT2D eigenvalue weighted by molar-refractivity contribution is 5.94. The Hall–Kier alpha value is -1.62. The molecule has 5 heteroatoms. The van der Waals surface area contributed by atoms with Gasteiger partial charge in [0.05, 0.1) is 5.56 Å². The zero-order chi connectivity index (χ0) is 13.0. The number of amides is 1. The van der Waals surface area contributed by atoms with Crippen molar-refractivity contribution in [2.75, 3.05) is 19.6 Å². The average molecular weight is 249 g/mol. The summed E-state index contributed by atoms with van der Waals surface area (Å²) in [5.74, 6) is -0.116. The first-order chi connectivity index (χ1) is 8.69. The second-order valence-electron chi connectivity index (χ2n) is 4.65. The van der Waals surface area contributed by atoms with Gasteiger partial charge in [0.25, 0.3) is 5.91 Å². The van der Waals surface area contributed by atoms with Crippen molar-refractivity contribution < 1.29 is 4.79 Å². The Morgan fingerprint density at radius 1 is 1.56 bits per heavy atom. The summed E-state index contributed by atoms with van der Waals surface area (Å²) >= 11 is 0. The number of nitrogens with zero attached hydrogens (tertiary/aromatic N) is 1. The molecule has 2 rings (SSSR count). The van der Waals surface area contributed by atoms with Crippen LogP contribution in [0, 0.1) is 0 Å². The van der Waals surface area contributed by atoms with E-state index in [4.69, 9.17) is 0 Å². The van der Waals surface area contributed by atoms with Gasteiger partial charge >= 0.3 is 0 Å². The number of likely N-dealkylation sites (tertiary alicyclic amines) is 1. The highest BCUT2D eigenvalue weighted by atomic mass is 16.2. The Kier molecular flexibility index (Phi) is 4.15. The predicted molar refractivity (Wildman–Crippen MR) is 69.7 cm³/mol. The van der Waals surface area contributed by atoms with Gasteiger partial charge in [-0.1, -0.05) is 6.92 Å². The zero-order valence-corrected chi connectivity index (χ0v) is 10.6. The number of piperidine rings is 1. The molecule has 2 N–H and O–H groups in total. The standard InChI is InChI=1S/C13H19N3O2/c1-2-16-7-3-4-11(9-16)15-13(18)10-5-6-12(17)14-8-10/h5-6,8,11H,2-4,7,9H2,1H3,(H,14,17)(H,15,18). The Labute approximate surface area is 106 Å². The normalized spacial score (nSPS) is 20.6. The van der Waals surface area contributed by atoms with Crippen molar-refractivity contribution in [2.24, 2.45) is 0 Å². The van der Waals surface area contributed by atoms with Crippen molar-refractivity contribution >= 4 is 5.91 Å². The van der Waals surface area contributed by atoms with Gasteiger partial charge in [0.1, 0.15) is 0 Å². The van der Waals surface area contributed by atoms with Gasteiger partial charge in [-0.25, -0.2) is 0 Å². The second kappa shape index (κ2) is 5.82. The molecule has 1 aliphatic rings. The molecule has 5 nitrogen and oxygen atoms in total. The highest BCUT2D eigenvalue weighted by Crippen LogP contribution is 2.10. The Bertz CT molecular complexity index is 449. The molecule has 1 aliphatic heterocycles. The lowest BCUT2D eigenvalue weighted by Crippen LogP contribution is -2.47. The van der Waals surface area contributed by atoms with Crippen LogP contribution in [-0.2, 0) is 0 Å². The third kappa shape index (κ3) is 3.20. The van der Waals surface area contributed by atoms with Crippen molar-refractivity contribution in [3.05, 3.63) is 34.2 Å². The zero-order valence-electron chi connectivity index (χ0n) is 10.6. The SMILES string of the molecule is CCN1CCCC(NC(=O)c2ccc(=O)[nH]c2)C1. The third-order valence-electron chi connectivity index (χ3n) is 3.33. The topological polar surface area (TPSA) is 65.2 Å². The molecule has 1 aromatic rings. The van der Waals surface area contributed by atoms with Crippen LogP contribution in [0.25, 0.3) is 0 Å². The summed E-state index contributed by atoms with van der Waals surface area (Å²) < 4.78 is 0. The fourth-order valence-corrected chi connectivity index (χ4v) is 2.28. The van der Waals surface area contributed by atoms with Crippen LogP contribution < -0.4 is 10.9 Å². The first kappa shape index (κ1) is 12.8. The van der Waals surface area contributed by atoms with Crippen LogP contribution in [0.3, 0.4) is 0 Å². The quantitative estimate of drug-likeness (QED) is 0.824. The molecule has 0 saturated carbocycles. The molecule has 1 saturated heterocycles. The lowest BCUT2D eigenvalue weighted by molar-refractivity contribution is 0.0905. The van der Waals surface area contributed by atoms with Crippen molar-refractivity contribution in [2.45, 2.75) is 25.8 Å². The highest BCUT2D eigenvalue weighted by Gasteiger charge is 2.20. The molecule has 0 aliphatic carbocycles. The van der Waals surface area contributed by atoms with Gasteiger partial charge in [-0.05, 0) is 32.0 Å². The molecule has 98 valence electrons. The largest absolute Gasteiger partial charge is 0.348 e. The van der Waals surface area contributed by atoms with E-state index in [1.54, 1.807) is 6.07 Å². The van der Waals surface area contributed by atoms with E-state index in [9.17, 15) is 9.59 Å². The third-order valence-corrected chi connectivity index (χ3v) is 3.33. The van der Waals surface area contributed by atoms with E-state index in [0.29, 0.717) is 5.56 Å². The number of likely N-dealkylation sites (N-methyl/N-ethyl adjacent to an activating group) is 1. The summed E-state index contributed by atoms with van der Waals surface area (Å²) in [4.78, 5) is 27.7. The average Bonchev–Trinajstić information content (AvgIpc) is 2.39. The fourth-order valence-electron chi connectivity index (χ4n) is 2.28. The Balaban J connectivity index is 1.94. The lowest BCUT2D eigenvalue weighted by Gasteiger charge is -2.32. The van der Waals surface area contributed by atoms with Crippen LogP contribution in [0.4, 0.5) is 0 Å². The molecule has 2 heterocycles. The second-order valence-corrected chi connectivity index (χ2v) is 4.65. The van der Waals surface area contributed by atoms with E-state index in [0.717, 1.165) is 32.5 Å². The van der Waals surface area contributed by atoms with Crippen LogP contribution in [0.2, 0.25) is 0 Å². The van der Waals surface area contributed by atoms with Gasteiger partial charge in [0.2, 0.25) is 5.56 Å². The molecule has 0 radical (unpaired) electrons. The first-order valence-electron chi connectivity index (χ1n) is 6.41. The molecular weight excluding hydrogens is 230 g/mol. The monoisotopic (exact) mass is 249 g/mol. The fraction of sp³-hybridized carbons (Fsp3) is 0.538. The minimum absolute atomic E-state index is 0.116. The summed E-state index contributed by atoms with van der Waals surface area (Å²) in [5.41, 5.74) is 0.310. The number of H-pyrrole nitrogens is 1. The molecule has 1 unspecified atom stereocenters. The van der Waals surface area contributed by atoms with Crippen molar-refractivity contribution in [1.82, 2.24) is 15.2 Å². The van der Waals surface area contributed by atoms with E-state index < -0.39 is 0 Å². The smallest absolute Gasteiger partial charge is 0.253 e.